The van der Waals surface area contributed by atoms with Crippen LogP contribution in [0.25, 0.3) is 0 Å². The van der Waals surface area contributed by atoms with Gasteiger partial charge in [0.1, 0.15) is 5.82 Å². The lowest BCUT2D eigenvalue weighted by molar-refractivity contribution is -0.169. The number of imidazole rings is 1. The van der Waals surface area contributed by atoms with Crippen molar-refractivity contribution in [3.63, 3.8) is 0 Å². The molecule has 5 fully saturated rings. The van der Waals surface area contributed by atoms with Crippen molar-refractivity contribution in [2.75, 3.05) is 5.32 Å². The van der Waals surface area contributed by atoms with Crippen molar-refractivity contribution in [2.45, 2.75) is 69.5 Å². The fraction of sp³-hybridized carbons (Fsp3) is 0.552. The maximum Gasteiger partial charge on any atom is 0.335 e. The van der Waals surface area contributed by atoms with Crippen LogP contribution in [0.15, 0.2) is 36.4 Å². The molecule has 5 saturated carbocycles. The van der Waals surface area contributed by atoms with Crippen molar-refractivity contribution in [2.24, 2.45) is 29.6 Å². The molecule has 7 heteroatoms. The van der Waals surface area contributed by atoms with Crippen molar-refractivity contribution < 1.29 is 19.4 Å². The Balaban J connectivity index is 1.15. The lowest BCUT2D eigenvalue weighted by Gasteiger charge is -2.56. The van der Waals surface area contributed by atoms with E-state index in [4.69, 9.17) is 9.72 Å². The number of H-pyrrole nitrogens is 1. The fourth-order valence-electron chi connectivity index (χ4n) is 8.35. The van der Waals surface area contributed by atoms with Crippen molar-refractivity contribution >= 4 is 17.6 Å². The highest BCUT2D eigenvalue weighted by atomic mass is 16.5. The van der Waals surface area contributed by atoms with Gasteiger partial charge in [0, 0.05) is 11.6 Å². The zero-order valence-corrected chi connectivity index (χ0v) is 20.4. The van der Waals surface area contributed by atoms with Crippen LogP contribution >= 0.6 is 0 Å². The van der Waals surface area contributed by atoms with Crippen LogP contribution in [0, 0.1) is 29.6 Å². The Hall–Kier alpha value is -2.93. The maximum absolute atomic E-state index is 13.4. The SMILES string of the molecule is O=C(O)c1cccc(NC(=O)c2nc([C@H]3CC4C=C[C@H]3C4)[nH]c2COC23CC4CC(CC(C4)C2)C3)c1. The predicted molar refractivity (Wildman–Crippen MR) is 134 cm³/mol. The molecule has 1 aromatic carbocycles. The largest absolute Gasteiger partial charge is 0.478 e. The third kappa shape index (κ3) is 3.88. The molecule has 3 N–H and O–H groups in total. The van der Waals surface area contributed by atoms with E-state index in [1.165, 1.54) is 31.4 Å². The van der Waals surface area contributed by atoms with Gasteiger partial charge in [-0.15, -0.1) is 0 Å². The standard InChI is InChI=1S/C29H33N3O4/c33-27(30-22-3-1-2-21(11-22)28(34)35)25-24(31-26(32-25)23-10-16-4-5-20(23)9-16)15-36-29-12-17-6-18(13-29)8-19(7-17)14-29/h1-5,11,16-20,23H,6-10,12-15H2,(H,30,33)(H,31,32)(H,34,35)/t16?,17?,18?,19?,20-,23-,29?/m0/s1. The molecular weight excluding hydrogens is 454 g/mol. The van der Waals surface area contributed by atoms with Crippen LogP contribution in [0.1, 0.15) is 89.6 Å². The van der Waals surface area contributed by atoms with Gasteiger partial charge in [0.2, 0.25) is 0 Å². The summed E-state index contributed by atoms with van der Waals surface area (Å²) in [7, 11) is 0. The molecule has 1 unspecified atom stereocenters. The van der Waals surface area contributed by atoms with Crippen molar-refractivity contribution in [1.82, 2.24) is 9.97 Å². The van der Waals surface area contributed by atoms with Crippen LogP contribution in [0.2, 0.25) is 0 Å². The van der Waals surface area contributed by atoms with Gasteiger partial charge in [0.15, 0.2) is 5.69 Å². The summed E-state index contributed by atoms with van der Waals surface area (Å²) in [6.07, 6.45) is 14.3. The monoisotopic (exact) mass is 487 g/mol. The molecule has 0 spiro atoms. The molecule has 1 amide bonds. The minimum Gasteiger partial charge on any atom is -0.478 e. The summed E-state index contributed by atoms with van der Waals surface area (Å²) >= 11 is 0. The van der Waals surface area contributed by atoms with Gasteiger partial charge in [-0.25, -0.2) is 9.78 Å². The van der Waals surface area contributed by atoms with Crippen LogP contribution in [0.4, 0.5) is 5.69 Å². The van der Waals surface area contributed by atoms with Gasteiger partial charge in [-0.2, -0.15) is 0 Å². The average Bonchev–Trinajstić information content (AvgIpc) is 3.58. The van der Waals surface area contributed by atoms with E-state index < -0.39 is 5.97 Å². The summed E-state index contributed by atoms with van der Waals surface area (Å²) in [4.78, 5) is 33.1. The molecule has 0 radical (unpaired) electrons. The van der Waals surface area contributed by atoms with Crippen LogP contribution in [-0.2, 0) is 11.3 Å². The molecule has 6 bridgehead atoms. The predicted octanol–water partition coefficient (Wildman–Crippen LogP) is 5.53. The number of hydrogen-bond acceptors (Lipinski definition) is 4. The second-order valence-electron chi connectivity index (χ2n) is 12.1. The fourth-order valence-corrected chi connectivity index (χ4v) is 8.35. The number of aromatic amines is 1. The molecule has 6 aliphatic carbocycles. The van der Waals surface area contributed by atoms with Crippen molar-refractivity contribution in [3.05, 3.63) is 59.2 Å². The number of ether oxygens (including phenoxy) is 1. The molecule has 1 aromatic heterocycles. The number of hydrogen-bond donors (Lipinski definition) is 3. The summed E-state index contributed by atoms with van der Waals surface area (Å²) in [6.45, 7) is 0.355. The Morgan fingerprint density at radius 2 is 1.81 bits per heavy atom. The van der Waals surface area contributed by atoms with Gasteiger partial charge in [-0.3, -0.25) is 4.79 Å². The number of aromatic carboxylic acids is 1. The van der Waals surface area contributed by atoms with E-state index in [0.717, 1.165) is 61.4 Å². The second-order valence-corrected chi connectivity index (χ2v) is 12.1. The Morgan fingerprint density at radius 3 is 2.44 bits per heavy atom. The Bertz CT molecular complexity index is 1210. The third-order valence-corrected chi connectivity index (χ3v) is 9.51. The highest BCUT2D eigenvalue weighted by Crippen LogP contribution is 2.57. The molecule has 36 heavy (non-hydrogen) atoms. The van der Waals surface area contributed by atoms with Crippen LogP contribution in [0.3, 0.4) is 0 Å². The first-order valence-corrected chi connectivity index (χ1v) is 13.5. The van der Waals surface area contributed by atoms with E-state index in [2.05, 4.69) is 22.5 Å². The van der Waals surface area contributed by atoms with Crippen LogP contribution in [-0.4, -0.2) is 32.6 Å². The minimum absolute atomic E-state index is 0.0568. The van der Waals surface area contributed by atoms with Gasteiger partial charge < -0.3 is 20.1 Å². The molecule has 3 atom stereocenters. The summed E-state index contributed by atoms with van der Waals surface area (Å²) < 4.78 is 6.71. The topological polar surface area (TPSA) is 104 Å². The van der Waals surface area contributed by atoms with E-state index in [9.17, 15) is 14.7 Å². The Morgan fingerprint density at radius 1 is 1.06 bits per heavy atom. The molecule has 1 heterocycles. The number of amides is 1. The highest BCUT2D eigenvalue weighted by Gasteiger charge is 2.52. The smallest absolute Gasteiger partial charge is 0.335 e. The Labute approximate surface area is 210 Å². The normalized spacial score (nSPS) is 35.4. The number of carbonyl (C=O) groups is 2. The average molecular weight is 488 g/mol. The van der Waals surface area contributed by atoms with Gasteiger partial charge in [0.25, 0.3) is 5.91 Å². The number of anilines is 1. The van der Waals surface area contributed by atoms with Crippen molar-refractivity contribution in [3.8, 4) is 0 Å². The quantitative estimate of drug-likeness (QED) is 0.446. The molecule has 2 aromatic rings. The number of rotatable bonds is 7. The Kier molecular flexibility index (Phi) is 5.14. The van der Waals surface area contributed by atoms with Gasteiger partial charge in [-0.1, -0.05) is 18.2 Å². The van der Waals surface area contributed by atoms with Crippen molar-refractivity contribution in [1.29, 1.82) is 0 Å². The number of fused-ring (bicyclic) bond motifs is 2. The molecule has 7 nitrogen and oxygen atoms in total. The van der Waals surface area contributed by atoms with Crippen LogP contribution < -0.4 is 5.32 Å². The van der Waals surface area contributed by atoms with Gasteiger partial charge >= 0.3 is 5.97 Å². The van der Waals surface area contributed by atoms with E-state index in [0.29, 0.717) is 35.7 Å². The van der Waals surface area contributed by atoms with E-state index >= 15 is 0 Å². The lowest BCUT2D eigenvalue weighted by Crippen LogP contribution is -2.51. The molecular formula is C29H33N3O4. The summed E-state index contributed by atoms with van der Waals surface area (Å²) in [5.41, 5.74) is 1.62. The summed E-state index contributed by atoms with van der Waals surface area (Å²) in [6, 6.07) is 6.32. The van der Waals surface area contributed by atoms with Crippen LogP contribution in [0.5, 0.6) is 0 Å². The number of allylic oxidation sites excluding steroid dienone is 2. The number of carboxylic acid groups (broad SMARTS) is 1. The molecule has 8 rings (SSSR count). The zero-order valence-electron chi connectivity index (χ0n) is 20.4. The maximum atomic E-state index is 13.4. The molecule has 0 aliphatic heterocycles. The van der Waals surface area contributed by atoms with E-state index in [1.807, 2.05) is 0 Å². The van der Waals surface area contributed by atoms with E-state index in [-0.39, 0.29) is 17.1 Å². The number of aromatic nitrogens is 2. The first kappa shape index (κ1) is 22.3. The number of carboxylic acids is 1. The number of nitrogens with one attached hydrogen (secondary N) is 2. The first-order valence-electron chi connectivity index (χ1n) is 13.5. The first-order chi connectivity index (χ1) is 17.4. The molecule has 188 valence electrons. The third-order valence-electron chi connectivity index (χ3n) is 9.51. The van der Waals surface area contributed by atoms with Gasteiger partial charge in [-0.05, 0) is 99.2 Å². The zero-order chi connectivity index (χ0) is 24.4. The van der Waals surface area contributed by atoms with Gasteiger partial charge in [0.05, 0.1) is 23.5 Å². The number of benzene rings is 1. The second kappa shape index (κ2) is 8.30. The minimum atomic E-state index is -1.03. The number of nitrogens with zero attached hydrogens (tertiary/aromatic N) is 1. The highest BCUT2D eigenvalue weighted by molar-refractivity contribution is 6.04. The van der Waals surface area contributed by atoms with E-state index in [1.54, 1.807) is 12.1 Å². The summed E-state index contributed by atoms with van der Waals surface area (Å²) in [5, 5.41) is 12.2. The molecule has 0 saturated heterocycles. The summed E-state index contributed by atoms with van der Waals surface area (Å²) in [5.74, 6) is 3.27. The number of carbonyl (C=O) groups excluding carboxylic acids is 1. The molecule has 6 aliphatic rings. The lowest BCUT2D eigenvalue weighted by atomic mass is 9.54.